The summed E-state index contributed by atoms with van der Waals surface area (Å²) in [7, 11) is 0. The largest absolute Gasteiger partial charge is 0.481 e. The van der Waals surface area contributed by atoms with E-state index in [0.717, 1.165) is 19.4 Å². The molecule has 1 N–H and O–H groups in total. The zero-order valence-corrected chi connectivity index (χ0v) is 11.7. The van der Waals surface area contributed by atoms with Crippen LogP contribution in [0.5, 0.6) is 0 Å². The van der Waals surface area contributed by atoms with Gasteiger partial charge in [-0.15, -0.1) is 0 Å². The molecule has 106 valence electrons. The Balaban J connectivity index is 2.13. The third kappa shape index (κ3) is 2.82. The average molecular weight is 265 g/mol. The van der Waals surface area contributed by atoms with E-state index in [-0.39, 0.29) is 17.9 Å². The highest BCUT2D eigenvalue weighted by atomic mass is 16.4. The van der Waals surface area contributed by atoms with Gasteiger partial charge >= 0.3 is 5.97 Å². The molecule has 1 aliphatic carbocycles. The SMILES string of the molecule is CC1CCCN(C(=O)C2CC=CCC2C(=O)O)C1C. The molecule has 2 rings (SSSR count). The molecule has 4 unspecified atom stereocenters. The molecule has 0 spiro atoms. The van der Waals surface area contributed by atoms with Gasteiger partial charge in [0, 0.05) is 12.6 Å². The number of allylic oxidation sites excluding steroid dienone is 2. The topological polar surface area (TPSA) is 57.6 Å². The molecule has 2 aliphatic rings. The first-order valence-electron chi connectivity index (χ1n) is 7.20. The first-order chi connectivity index (χ1) is 9.02. The first-order valence-corrected chi connectivity index (χ1v) is 7.20. The summed E-state index contributed by atoms with van der Waals surface area (Å²) in [6, 6.07) is 0.224. The molecule has 1 aliphatic heterocycles. The Morgan fingerprint density at radius 3 is 2.42 bits per heavy atom. The lowest BCUT2D eigenvalue weighted by molar-refractivity contribution is -0.152. The van der Waals surface area contributed by atoms with Crippen molar-refractivity contribution in [3.05, 3.63) is 12.2 Å². The van der Waals surface area contributed by atoms with E-state index in [1.54, 1.807) is 0 Å². The molecular weight excluding hydrogens is 242 g/mol. The molecule has 0 radical (unpaired) electrons. The minimum atomic E-state index is -0.847. The third-order valence-electron chi connectivity index (χ3n) is 4.72. The van der Waals surface area contributed by atoms with E-state index in [1.165, 1.54) is 0 Å². The maximum Gasteiger partial charge on any atom is 0.307 e. The predicted octanol–water partition coefficient (Wildman–Crippen LogP) is 2.30. The van der Waals surface area contributed by atoms with Gasteiger partial charge in [0.15, 0.2) is 0 Å². The Morgan fingerprint density at radius 1 is 1.16 bits per heavy atom. The van der Waals surface area contributed by atoms with E-state index in [2.05, 4.69) is 13.8 Å². The van der Waals surface area contributed by atoms with Crippen molar-refractivity contribution in [1.29, 1.82) is 0 Å². The smallest absolute Gasteiger partial charge is 0.307 e. The number of carbonyl (C=O) groups is 2. The Kier molecular flexibility index (Phi) is 4.27. The molecule has 0 aromatic rings. The van der Waals surface area contributed by atoms with Crippen molar-refractivity contribution in [2.75, 3.05) is 6.54 Å². The predicted molar refractivity (Wildman–Crippen MR) is 72.6 cm³/mol. The monoisotopic (exact) mass is 265 g/mol. The average Bonchev–Trinajstić information content (AvgIpc) is 2.41. The van der Waals surface area contributed by atoms with Crippen LogP contribution in [0.25, 0.3) is 0 Å². The van der Waals surface area contributed by atoms with Gasteiger partial charge in [-0.2, -0.15) is 0 Å². The molecule has 1 heterocycles. The second-order valence-electron chi connectivity index (χ2n) is 5.89. The normalized spacial score (nSPS) is 35.2. The summed E-state index contributed by atoms with van der Waals surface area (Å²) in [5.41, 5.74) is 0. The summed E-state index contributed by atoms with van der Waals surface area (Å²) in [5.74, 6) is -1.24. The van der Waals surface area contributed by atoms with Crippen molar-refractivity contribution in [1.82, 2.24) is 4.90 Å². The Morgan fingerprint density at radius 2 is 1.79 bits per heavy atom. The number of carbonyl (C=O) groups excluding carboxylic acids is 1. The second kappa shape index (κ2) is 5.76. The summed E-state index contributed by atoms with van der Waals surface area (Å²) in [5, 5.41) is 9.27. The summed E-state index contributed by atoms with van der Waals surface area (Å²) >= 11 is 0. The molecule has 4 atom stereocenters. The number of aliphatic carboxylic acids is 1. The summed E-state index contributed by atoms with van der Waals surface area (Å²) in [6.45, 7) is 5.02. The van der Waals surface area contributed by atoms with E-state index in [4.69, 9.17) is 0 Å². The molecule has 1 saturated heterocycles. The van der Waals surface area contributed by atoms with Crippen LogP contribution in [0.3, 0.4) is 0 Å². The maximum atomic E-state index is 12.7. The van der Waals surface area contributed by atoms with Gasteiger partial charge < -0.3 is 10.0 Å². The quantitative estimate of drug-likeness (QED) is 0.779. The van der Waals surface area contributed by atoms with Gasteiger partial charge in [-0.3, -0.25) is 9.59 Å². The molecule has 4 nitrogen and oxygen atoms in total. The highest BCUT2D eigenvalue weighted by molar-refractivity contribution is 5.85. The number of hydrogen-bond donors (Lipinski definition) is 1. The maximum absolute atomic E-state index is 12.7. The van der Waals surface area contributed by atoms with Crippen molar-refractivity contribution < 1.29 is 14.7 Å². The van der Waals surface area contributed by atoms with E-state index in [1.807, 2.05) is 17.1 Å². The van der Waals surface area contributed by atoms with Crippen LogP contribution in [0.15, 0.2) is 12.2 Å². The van der Waals surface area contributed by atoms with Gasteiger partial charge in [-0.25, -0.2) is 0 Å². The van der Waals surface area contributed by atoms with Crippen LogP contribution in [0, 0.1) is 17.8 Å². The molecule has 4 heteroatoms. The summed E-state index contributed by atoms with van der Waals surface area (Å²) < 4.78 is 0. The minimum Gasteiger partial charge on any atom is -0.481 e. The van der Waals surface area contributed by atoms with Crippen LogP contribution in [0.2, 0.25) is 0 Å². The number of likely N-dealkylation sites (tertiary alicyclic amines) is 1. The van der Waals surface area contributed by atoms with Gasteiger partial charge in [0.2, 0.25) is 5.91 Å². The van der Waals surface area contributed by atoms with Crippen LogP contribution in [-0.4, -0.2) is 34.5 Å². The van der Waals surface area contributed by atoms with Crippen LogP contribution in [0.4, 0.5) is 0 Å². The molecule has 0 aromatic carbocycles. The van der Waals surface area contributed by atoms with Crippen molar-refractivity contribution in [3.63, 3.8) is 0 Å². The molecule has 1 fully saturated rings. The van der Waals surface area contributed by atoms with E-state index in [9.17, 15) is 14.7 Å². The number of piperidine rings is 1. The lowest BCUT2D eigenvalue weighted by Crippen LogP contribution is -2.50. The zero-order chi connectivity index (χ0) is 14.0. The third-order valence-corrected chi connectivity index (χ3v) is 4.72. The van der Waals surface area contributed by atoms with Crippen molar-refractivity contribution in [2.45, 2.75) is 45.6 Å². The number of amides is 1. The highest BCUT2D eigenvalue weighted by Gasteiger charge is 2.39. The molecule has 0 aromatic heterocycles. The number of carboxylic acid groups (broad SMARTS) is 1. The fourth-order valence-electron chi connectivity index (χ4n) is 3.22. The number of carboxylic acids is 1. The molecular formula is C15H23NO3. The fraction of sp³-hybridized carbons (Fsp3) is 0.733. The van der Waals surface area contributed by atoms with Crippen LogP contribution >= 0.6 is 0 Å². The second-order valence-corrected chi connectivity index (χ2v) is 5.89. The van der Waals surface area contributed by atoms with Gasteiger partial charge in [-0.05, 0) is 38.5 Å². The van der Waals surface area contributed by atoms with Crippen LogP contribution < -0.4 is 0 Å². The van der Waals surface area contributed by atoms with Crippen molar-refractivity contribution >= 4 is 11.9 Å². The van der Waals surface area contributed by atoms with E-state index in [0.29, 0.717) is 18.8 Å². The number of hydrogen-bond acceptors (Lipinski definition) is 2. The zero-order valence-electron chi connectivity index (χ0n) is 11.7. The van der Waals surface area contributed by atoms with E-state index >= 15 is 0 Å². The minimum absolute atomic E-state index is 0.0378. The molecule has 0 bridgehead atoms. The molecule has 0 saturated carbocycles. The highest BCUT2D eigenvalue weighted by Crippen LogP contribution is 2.31. The summed E-state index contributed by atoms with van der Waals surface area (Å²) in [4.78, 5) is 25.9. The fourth-order valence-corrected chi connectivity index (χ4v) is 3.22. The lowest BCUT2D eigenvalue weighted by Gasteiger charge is -2.41. The Hall–Kier alpha value is -1.32. The van der Waals surface area contributed by atoms with Gasteiger partial charge in [0.1, 0.15) is 0 Å². The number of rotatable bonds is 2. The van der Waals surface area contributed by atoms with Crippen LogP contribution in [0.1, 0.15) is 39.5 Å². The standard InChI is InChI=1S/C15H23NO3/c1-10-6-5-9-16(11(10)2)14(17)12-7-3-4-8-13(12)15(18)19/h3-4,10-13H,5-9H2,1-2H3,(H,18,19). The van der Waals surface area contributed by atoms with Gasteiger partial charge in [0.25, 0.3) is 0 Å². The first kappa shape index (κ1) is 14.1. The Labute approximate surface area is 114 Å². The summed E-state index contributed by atoms with van der Waals surface area (Å²) in [6.07, 6.45) is 7.04. The molecule has 1 amide bonds. The lowest BCUT2D eigenvalue weighted by atomic mass is 9.80. The molecule has 19 heavy (non-hydrogen) atoms. The Bertz CT molecular complexity index is 391. The van der Waals surface area contributed by atoms with E-state index < -0.39 is 11.9 Å². The van der Waals surface area contributed by atoms with Crippen LogP contribution in [-0.2, 0) is 9.59 Å². The van der Waals surface area contributed by atoms with Gasteiger partial charge in [0.05, 0.1) is 11.8 Å². The number of nitrogens with zero attached hydrogens (tertiary/aromatic N) is 1. The van der Waals surface area contributed by atoms with Crippen molar-refractivity contribution in [3.8, 4) is 0 Å². The van der Waals surface area contributed by atoms with Crippen molar-refractivity contribution in [2.24, 2.45) is 17.8 Å². The van der Waals surface area contributed by atoms with Gasteiger partial charge in [-0.1, -0.05) is 19.1 Å².